The van der Waals surface area contributed by atoms with Crippen molar-refractivity contribution in [1.82, 2.24) is 32.4 Å². The molecule has 0 unspecified atom stereocenters. The molecule has 0 saturated heterocycles. The summed E-state index contributed by atoms with van der Waals surface area (Å²) in [6, 6.07) is 113. The largest absolute Gasteiger partial charge is 0.307 e. The van der Waals surface area contributed by atoms with Gasteiger partial charge in [-0.2, -0.15) is 0 Å². The summed E-state index contributed by atoms with van der Waals surface area (Å²) in [6.07, 6.45) is 0. The second-order valence-electron chi connectivity index (χ2n) is 23.8. The second kappa shape index (κ2) is 20.2. The van der Waals surface area contributed by atoms with Crippen LogP contribution in [0.4, 0.5) is 0 Å². The molecule has 0 fully saturated rings. The zero-order valence-corrected chi connectivity index (χ0v) is 50.6. The summed E-state index contributed by atoms with van der Waals surface area (Å²) in [5.41, 5.74) is 20.1. The summed E-state index contributed by atoms with van der Waals surface area (Å²) in [5, 5.41) is 14.3. The van der Waals surface area contributed by atoms with Gasteiger partial charge in [0.15, 0.2) is 0 Å². The van der Waals surface area contributed by atoms with Crippen LogP contribution >= 0.6 is 0 Å². The molecule has 13 aromatic carbocycles. The van der Waals surface area contributed by atoms with Crippen LogP contribution in [0.1, 0.15) is 13.8 Å². The number of fused-ring (bicyclic) bond motifs is 21. The quantitative estimate of drug-likeness (QED) is 0.157. The van der Waals surface area contributed by atoms with Crippen molar-refractivity contribution in [3.05, 3.63) is 309 Å². The molecule has 20 rings (SSSR count). The van der Waals surface area contributed by atoms with Crippen LogP contribution in [0.3, 0.4) is 0 Å². The molecule has 0 aliphatic carbocycles. The van der Waals surface area contributed by atoms with E-state index in [1.807, 2.05) is 13.8 Å². The Balaban J connectivity index is 0.00000300. The maximum atomic E-state index is 6.08. The highest BCUT2D eigenvalue weighted by Crippen LogP contribution is 2.47. The van der Waals surface area contributed by atoms with Gasteiger partial charge in [0.25, 0.3) is 0 Å². The number of para-hydroxylation sites is 9. The average molecular weight is 1180 g/mol. The van der Waals surface area contributed by atoms with Gasteiger partial charge >= 0.3 is 0 Å². The van der Waals surface area contributed by atoms with Gasteiger partial charge in [0.2, 0.25) is 0 Å². The van der Waals surface area contributed by atoms with Gasteiger partial charge in [0, 0.05) is 87.4 Å². The minimum atomic E-state index is 0.815. The van der Waals surface area contributed by atoms with E-state index >= 15 is 0 Å². The molecule has 7 heterocycles. The van der Waals surface area contributed by atoms with Gasteiger partial charge < -0.3 is 18.3 Å². The SMILES string of the molecule is CC.c1ccc(-n2c3ccccc3c3ccc4c5ccccc5n(-c5ccc(-c6cc(-n7c8ccccc8c8ccc9c%10ccccc%10n(-c%10ccccc%10)c9c87)nc(-n7c8ccccc8c8ccc9c%10ccccc%10n(-c%10ccccc%10)c9c87)c6)cc5)c4c32)cc1. The fourth-order valence-electron chi connectivity index (χ4n) is 15.5. The van der Waals surface area contributed by atoms with Gasteiger partial charge in [-0.05, 0) is 108 Å². The van der Waals surface area contributed by atoms with Crippen molar-refractivity contribution in [3.63, 3.8) is 0 Å². The van der Waals surface area contributed by atoms with Gasteiger partial charge in [-0.25, -0.2) is 4.98 Å². The third-order valence-corrected chi connectivity index (χ3v) is 19.2. The predicted octanol–water partition coefficient (Wildman–Crippen LogP) is 22.4. The van der Waals surface area contributed by atoms with Crippen LogP contribution in [0.15, 0.2) is 309 Å². The Morgan fingerprint density at radius 3 is 0.674 bits per heavy atom. The van der Waals surface area contributed by atoms with Gasteiger partial charge in [0.05, 0.1) is 66.2 Å². The third kappa shape index (κ3) is 7.30. The number of aromatic nitrogens is 7. The van der Waals surface area contributed by atoms with E-state index in [1.165, 1.54) is 59.6 Å². The minimum absolute atomic E-state index is 0.815. The number of rotatable bonds is 7. The third-order valence-electron chi connectivity index (χ3n) is 19.2. The molecule has 432 valence electrons. The molecule has 0 spiro atoms. The van der Waals surface area contributed by atoms with Gasteiger partial charge in [-0.3, -0.25) is 9.13 Å². The van der Waals surface area contributed by atoms with E-state index in [-0.39, 0.29) is 0 Å². The molecule has 0 N–H and O–H groups in total. The number of nitrogens with zero attached hydrogens (tertiary/aromatic N) is 7. The lowest BCUT2D eigenvalue weighted by atomic mass is 10.1. The van der Waals surface area contributed by atoms with Gasteiger partial charge in [-0.1, -0.05) is 226 Å². The summed E-state index contributed by atoms with van der Waals surface area (Å²) in [6.45, 7) is 4.00. The Bertz CT molecular complexity index is 6120. The Morgan fingerprint density at radius 1 is 0.185 bits per heavy atom. The Kier molecular flexibility index (Phi) is 11.4. The van der Waals surface area contributed by atoms with Gasteiger partial charge in [-0.15, -0.1) is 0 Å². The first-order valence-corrected chi connectivity index (χ1v) is 31.9. The summed E-state index contributed by atoms with van der Waals surface area (Å²) in [7, 11) is 0. The van der Waals surface area contributed by atoms with E-state index in [1.54, 1.807) is 0 Å². The lowest BCUT2D eigenvalue weighted by Crippen LogP contribution is -2.06. The van der Waals surface area contributed by atoms with E-state index in [2.05, 4.69) is 337 Å². The Morgan fingerprint density at radius 2 is 0.402 bits per heavy atom. The van der Waals surface area contributed by atoms with E-state index in [9.17, 15) is 0 Å². The zero-order chi connectivity index (χ0) is 60.7. The van der Waals surface area contributed by atoms with Crippen molar-refractivity contribution in [2.45, 2.75) is 13.8 Å². The van der Waals surface area contributed by atoms with Crippen LogP contribution in [-0.4, -0.2) is 32.4 Å². The first-order chi connectivity index (χ1) is 45.7. The maximum absolute atomic E-state index is 6.08. The van der Waals surface area contributed by atoms with E-state index in [0.717, 1.165) is 117 Å². The van der Waals surface area contributed by atoms with Crippen LogP contribution in [-0.2, 0) is 0 Å². The molecule has 0 amide bonds. The fraction of sp³-hybridized carbons (Fsp3) is 0.0235. The molecule has 0 saturated carbocycles. The summed E-state index contributed by atoms with van der Waals surface area (Å²) >= 11 is 0. The fourth-order valence-corrected chi connectivity index (χ4v) is 15.5. The summed E-state index contributed by atoms with van der Waals surface area (Å²) in [5.74, 6) is 1.63. The molecule has 7 nitrogen and oxygen atoms in total. The first kappa shape index (κ1) is 51.8. The van der Waals surface area contributed by atoms with Crippen LogP contribution in [0.2, 0.25) is 0 Å². The molecular formula is C85H57N7. The first-order valence-electron chi connectivity index (χ1n) is 31.9. The highest BCUT2D eigenvalue weighted by Gasteiger charge is 2.27. The minimum Gasteiger partial charge on any atom is -0.307 e. The maximum Gasteiger partial charge on any atom is 0.140 e. The zero-order valence-electron chi connectivity index (χ0n) is 50.6. The monoisotopic (exact) mass is 1180 g/mol. The number of hydrogen-bond acceptors (Lipinski definition) is 1. The van der Waals surface area contributed by atoms with Crippen molar-refractivity contribution in [1.29, 1.82) is 0 Å². The number of benzene rings is 13. The van der Waals surface area contributed by atoms with Crippen LogP contribution in [0.5, 0.6) is 0 Å². The average Bonchev–Trinajstić information content (AvgIpc) is 1.56. The molecule has 7 aromatic heterocycles. The predicted molar refractivity (Wildman–Crippen MR) is 387 cm³/mol. The molecule has 0 radical (unpaired) electrons. The Hall–Kier alpha value is -12.2. The Labute approximate surface area is 528 Å². The van der Waals surface area contributed by atoms with Crippen LogP contribution < -0.4 is 0 Å². The molecule has 0 aliphatic rings. The molecule has 7 heteroatoms. The van der Waals surface area contributed by atoms with Crippen molar-refractivity contribution >= 4 is 131 Å². The number of hydrogen-bond donors (Lipinski definition) is 0. The standard InChI is InChI=1S/C83H51N7.C2H6/c1-4-22-54(23-5-1)85-70-34-16-10-28-58(70)64-44-45-65-59-29-13-19-37-73(59)88(79(65)78(64)85)57-42-40-52(41-43-57)53-50-76(89-74-38-20-14-32-62(74)68-48-46-66-60-30-11-17-35-71(60)86(80(66)82(68)89)55-24-6-2-7-25-55)84-77(51-53)90-75-39-21-15-33-63(75)69-49-47-67-61-31-12-18-36-72(61)87(81(67)83(69)90)56-26-8-3-9-27-56;1-2/h1-51H;1-2H3. The van der Waals surface area contributed by atoms with E-state index in [4.69, 9.17) is 4.98 Å². The molecule has 92 heavy (non-hydrogen) atoms. The molecule has 0 atom stereocenters. The molecular weight excluding hydrogens is 1120 g/mol. The molecule has 0 aliphatic heterocycles. The van der Waals surface area contributed by atoms with Crippen molar-refractivity contribution in [3.8, 4) is 45.5 Å². The normalized spacial score (nSPS) is 12.0. The molecule has 0 bridgehead atoms. The van der Waals surface area contributed by atoms with Gasteiger partial charge in [0.1, 0.15) is 11.6 Å². The smallest absolute Gasteiger partial charge is 0.140 e. The lowest BCUT2D eigenvalue weighted by Gasteiger charge is -2.17. The van der Waals surface area contributed by atoms with Crippen molar-refractivity contribution in [2.75, 3.05) is 0 Å². The second-order valence-corrected chi connectivity index (χ2v) is 23.8. The summed E-state index contributed by atoms with van der Waals surface area (Å²) in [4.78, 5) is 6.08. The van der Waals surface area contributed by atoms with Crippen LogP contribution in [0.25, 0.3) is 176 Å². The van der Waals surface area contributed by atoms with Crippen molar-refractivity contribution < 1.29 is 0 Å². The number of pyridine rings is 1. The lowest BCUT2D eigenvalue weighted by molar-refractivity contribution is 1.01. The molecule has 20 aromatic rings. The summed E-state index contributed by atoms with van der Waals surface area (Å²) < 4.78 is 14.8. The highest BCUT2D eigenvalue weighted by molar-refractivity contribution is 6.27. The van der Waals surface area contributed by atoms with E-state index < -0.39 is 0 Å². The van der Waals surface area contributed by atoms with Crippen LogP contribution in [0, 0.1) is 0 Å². The van der Waals surface area contributed by atoms with E-state index in [0.29, 0.717) is 0 Å². The topological polar surface area (TPSA) is 42.5 Å². The highest BCUT2D eigenvalue weighted by atomic mass is 15.2. The van der Waals surface area contributed by atoms with Crippen molar-refractivity contribution in [2.24, 2.45) is 0 Å².